The summed E-state index contributed by atoms with van der Waals surface area (Å²) in [7, 11) is -1.43. The number of nitro groups is 1. The van der Waals surface area contributed by atoms with Gasteiger partial charge >= 0.3 is 7.12 Å². The predicted octanol–water partition coefficient (Wildman–Crippen LogP) is 0.661. The van der Waals surface area contributed by atoms with Gasteiger partial charge in [-0.1, -0.05) is 6.07 Å². The van der Waals surface area contributed by atoms with Crippen LogP contribution in [0.5, 0.6) is 0 Å². The molecule has 0 aliphatic rings. The third kappa shape index (κ3) is 3.87. The van der Waals surface area contributed by atoms with Gasteiger partial charge in [0.25, 0.3) is 5.69 Å². The van der Waals surface area contributed by atoms with Gasteiger partial charge in [0.15, 0.2) is 6.29 Å². The Hall–Kier alpha value is -1.77. The molecular formula is C13H18BNO6. The first-order chi connectivity index (χ1) is 9.49. The first-order valence-corrected chi connectivity index (χ1v) is 6.31. The second-order valence-electron chi connectivity index (χ2n) is 5.73. The fourth-order valence-electron chi connectivity index (χ4n) is 1.48. The number of benzene rings is 1. The molecule has 0 fully saturated rings. The SMILES string of the molecule is CC(C)(O)C(C)(C)OB(O)c1ccc([N+](=O)[O-])c(C=O)c1. The average Bonchev–Trinajstić information content (AvgIpc) is 2.35. The molecule has 1 aromatic rings. The number of hydrogen-bond donors (Lipinski definition) is 2. The number of nitro benzene ring substituents is 1. The van der Waals surface area contributed by atoms with Crippen molar-refractivity contribution in [3.05, 3.63) is 33.9 Å². The lowest BCUT2D eigenvalue weighted by atomic mass is 9.76. The first kappa shape index (κ1) is 17.3. The van der Waals surface area contributed by atoms with Gasteiger partial charge in [0, 0.05) is 6.07 Å². The Bertz CT molecular complexity index is 552. The largest absolute Gasteiger partial charge is 0.491 e. The van der Waals surface area contributed by atoms with E-state index in [0.717, 1.165) is 6.07 Å². The van der Waals surface area contributed by atoms with E-state index in [0.29, 0.717) is 6.29 Å². The molecular weight excluding hydrogens is 277 g/mol. The molecule has 0 heterocycles. The summed E-state index contributed by atoms with van der Waals surface area (Å²) in [6, 6.07) is 3.62. The van der Waals surface area contributed by atoms with E-state index in [-0.39, 0.29) is 16.7 Å². The minimum Gasteiger partial charge on any atom is -0.423 e. The van der Waals surface area contributed by atoms with Gasteiger partial charge in [-0.05, 0) is 39.2 Å². The number of hydrogen-bond acceptors (Lipinski definition) is 6. The van der Waals surface area contributed by atoms with Crippen LogP contribution in [0.3, 0.4) is 0 Å². The molecule has 1 rings (SSSR count). The minimum atomic E-state index is -1.43. The summed E-state index contributed by atoms with van der Waals surface area (Å²) in [5, 5.41) is 30.8. The molecule has 2 N–H and O–H groups in total. The van der Waals surface area contributed by atoms with E-state index in [1.54, 1.807) is 13.8 Å². The molecule has 7 nitrogen and oxygen atoms in total. The van der Waals surface area contributed by atoms with Crippen LogP contribution in [-0.4, -0.2) is 39.7 Å². The van der Waals surface area contributed by atoms with E-state index >= 15 is 0 Å². The lowest BCUT2D eigenvalue weighted by Gasteiger charge is -2.38. The van der Waals surface area contributed by atoms with Gasteiger partial charge in [0.05, 0.1) is 21.7 Å². The van der Waals surface area contributed by atoms with Crippen molar-refractivity contribution in [3.63, 3.8) is 0 Å². The second-order valence-corrected chi connectivity index (χ2v) is 5.73. The van der Waals surface area contributed by atoms with Gasteiger partial charge in [-0.15, -0.1) is 0 Å². The Morgan fingerprint density at radius 2 is 1.90 bits per heavy atom. The van der Waals surface area contributed by atoms with Gasteiger partial charge in [0.2, 0.25) is 0 Å². The number of aldehydes is 1. The van der Waals surface area contributed by atoms with Crippen molar-refractivity contribution in [2.24, 2.45) is 0 Å². The van der Waals surface area contributed by atoms with Crippen LogP contribution in [0.2, 0.25) is 0 Å². The van der Waals surface area contributed by atoms with Gasteiger partial charge < -0.3 is 14.8 Å². The van der Waals surface area contributed by atoms with E-state index in [9.17, 15) is 25.0 Å². The number of carbonyl (C=O) groups is 1. The average molecular weight is 295 g/mol. The number of nitrogens with zero attached hydrogens (tertiary/aromatic N) is 1. The van der Waals surface area contributed by atoms with Crippen LogP contribution in [0.4, 0.5) is 5.69 Å². The molecule has 0 atom stereocenters. The predicted molar refractivity (Wildman–Crippen MR) is 77.6 cm³/mol. The lowest BCUT2D eigenvalue weighted by Crippen LogP contribution is -2.53. The van der Waals surface area contributed by atoms with Crippen molar-refractivity contribution in [2.75, 3.05) is 0 Å². The molecule has 21 heavy (non-hydrogen) atoms. The van der Waals surface area contributed by atoms with Gasteiger partial charge in [-0.25, -0.2) is 0 Å². The van der Waals surface area contributed by atoms with E-state index in [2.05, 4.69) is 0 Å². The molecule has 1 aromatic carbocycles. The van der Waals surface area contributed by atoms with E-state index in [1.165, 1.54) is 26.0 Å². The highest BCUT2D eigenvalue weighted by atomic mass is 16.6. The summed E-state index contributed by atoms with van der Waals surface area (Å²) < 4.78 is 5.41. The third-order valence-electron chi connectivity index (χ3n) is 3.54. The molecule has 0 saturated heterocycles. The van der Waals surface area contributed by atoms with Crippen LogP contribution in [-0.2, 0) is 4.65 Å². The molecule has 0 aliphatic carbocycles. The maximum absolute atomic E-state index is 10.9. The van der Waals surface area contributed by atoms with Crippen LogP contribution < -0.4 is 5.46 Å². The molecule has 0 radical (unpaired) electrons. The van der Waals surface area contributed by atoms with E-state index in [1.807, 2.05) is 0 Å². The monoisotopic (exact) mass is 295 g/mol. The molecule has 114 valence electrons. The third-order valence-corrected chi connectivity index (χ3v) is 3.54. The second kappa shape index (κ2) is 5.93. The van der Waals surface area contributed by atoms with Crippen molar-refractivity contribution >= 4 is 24.6 Å². The summed E-state index contributed by atoms with van der Waals surface area (Å²) in [4.78, 5) is 20.9. The number of carbonyl (C=O) groups excluding carboxylic acids is 1. The molecule has 0 aromatic heterocycles. The van der Waals surface area contributed by atoms with Crippen molar-refractivity contribution in [1.82, 2.24) is 0 Å². The number of aliphatic hydroxyl groups is 1. The maximum Gasteiger partial charge on any atom is 0.491 e. The summed E-state index contributed by atoms with van der Waals surface area (Å²) >= 11 is 0. The fourth-order valence-corrected chi connectivity index (χ4v) is 1.48. The minimum absolute atomic E-state index is 0.152. The van der Waals surface area contributed by atoms with Crippen molar-refractivity contribution in [3.8, 4) is 0 Å². The molecule has 0 amide bonds. The molecule has 0 unspecified atom stereocenters. The highest BCUT2D eigenvalue weighted by Gasteiger charge is 2.39. The number of rotatable bonds is 6. The Labute approximate surface area is 122 Å². The Morgan fingerprint density at radius 3 is 2.33 bits per heavy atom. The van der Waals surface area contributed by atoms with Gasteiger partial charge in [-0.3, -0.25) is 14.9 Å². The zero-order valence-corrected chi connectivity index (χ0v) is 12.4. The summed E-state index contributed by atoms with van der Waals surface area (Å²) in [5.74, 6) is 0. The molecule has 0 spiro atoms. The van der Waals surface area contributed by atoms with Crippen LogP contribution in [0.1, 0.15) is 38.1 Å². The van der Waals surface area contributed by atoms with Crippen LogP contribution >= 0.6 is 0 Å². The standard InChI is InChI=1S/C13H18BNO6/c1-12(2,17)13(3,4)21-14(18)10-5-6-11(15(19)20)9(7-10)8-16/h5-8,17-18H,1-4H3. The van der Waals surface area contributed by atoms with Crippen LogP contribution in [0.15, 0.2) is 18.2 Å². The summed E-state index contributed by atoms with van der Waals surface area (Å²) in [6.07, 6.45) is 0.343. The molecule has 0 saturated carbocycles. The molecule has 8 heteroatoms. The van der Waals surface area contributed by atoms with Crippen molar-refractivity contribution < 1.29 is 24.5 Å². The molecule has 0 bridgehead atoms. The van der Waals surface area contributed by atoms with Crippen LogP contribution in [0.25, 0.3) is 0 Å². The van der Waals surface area contributed by atoms with Gasteiger partial charge in [0.1, 0.15) is 0 Å². The maximum atomic E-state index is 10.9. The lowest BCUT2D eigenvalue weighted by molar-refractivity contribution is -0.385. The van der Waals surface area contributed by atoms with Crippen LogP contribution in [0, 0.1) is 10.1 Å². The Balaban J connectivity index is 3.07. The smallest absolute Gasteiger partial charge is 0.423 e. The Kier molecular flexibility index (Phi) is 4.88. The summed E-state index contributed by atoms with van der Waals surface area (Å²) in [5.41, 5.74) is -2.60. The quantitative estimate of drug-likeness (QED) is 0.345. The van der Waals surface area contributed by atoms with Crippen molar-refractivity contribution in [2.45, 2.75) is 38.9 Å². The molecule has 0 aliphatic heterocycles. The fraction of sp³-hybridized carbons (Fsp3) is 0.462. The normalized spacial score (nSPS) is 12.1. The van der Waals surface area contributed by atoms with Gasteiger partial charge in [-0.2, -0.15) is 0 Å². The topological polar surface area (TPSA) is 110 Å². The van der Waals surface area contributed by atoms with E-state index < -0.39 is 23.2 Å². The van der Waals surface area contributed by atoms with E-state index in [4.69, 9.17) is 4.65 Å². The zero-order valence-electron chi connectivity index (χ0n) is 12.4. The zero-order chi connectivity index (χ0) is 16.4. The first-order valence-electron chi connectivity index (χ1n) is 6.31. The highest BCUT2D eigenvalue weighted by Crippen LogP contribution is 2.25. The summed E-state index contributed by atoms with van der Waals surface area (Å²) in [6.45, 7) is 6.27. The van der Waals surface area contributed by atoms with Crippen molar-refractivity contribution in [1.29, 1.82) is 0 Å². The Morgan fingerprint density at radius 1 is 1.33 bits per heavy atom. The highest BCUT2D eigenvalue weighted by molar-refractivity contribution is 6.60.